The van der Waals surface area contributed by atoms with Gasteiger partial charge in [0, 0.05) is 17.2 Å². The van der Waals surface area contributed by atoms with E-state index in [9.17, 15) is 0 Å². The van der Waals surface area contributed by atoms with Crippen LogP contribution in [0.1, 0.15) is 12.8 Å². The summed E-state index contributed by atoms with van der Waals surface area (Å²) in [7, 11) is 0. The summed E-state index contributed by atoms with van der Waals surface area (Å²) < 4.78 is 1.86. The van der Waals surface area contributed by atoms with Crippen molar-refractivity contribution in [3.05, 3.63) is 30.5 Å². The number of benzene rings is 1. The highest BCUT2D eigenvalue weighted by molar-refractivity contribution is 7.99. The van der Waals surface area contributed by atoms with Crippen molar-refractivity contribution in [3.8, 4) is 0 Å². The van der Waals surface area contributed by atoms with Crippen molar-refractivity contribution in [2.24, 2.45) is 0 Å². The predicted molar refractivity (Wildman–Crippen MR) is 101 cm³/mol. The summed E-state index contributed by atoms with van der Waals surface area (Å²) in [5.74, 6) is 1.02. The van der Waals surface area contributed by atoms with Gasteiger partial charge in [0.15, 0.2) is 0 Å². The van der Waals surface area contributed by atoms with Crippen molar-refractivity contribution >= 4 is 40.5 Å². The second kappa shape index (κ2) is 6.51. The van der Waals surface area contributed by atoms with Gasteiger partial charge in [-0.1, -0.05) is 35.7 Å². The summed E-state index contributed by atoms with van der Waals surface area (Å²) in [5.41, 5.74) is 2.90. The van der Waals surface area contributed by atoms with E-state index in [4.69, 9.17) is 0 Å². The monoisotopic (exact) mass is 370 g/mol. The molecule has 128 valence electrons. The first-order chi connectivity index (χ1) is 12.4. The number of rotatable bonds is 4. The molecule has 4 heterocycles. The highest BCUT2D eigenvalue weighted by atomic mass is 32.2. The number of anilines is 2. The fourth-order valence-electron chi connectivity index (χ4n) is 3.28. The van der Waals surface area contributed by atoms with E-state index in [0.29, 0.717) is 0 Å². The van der Waals surface area contributed by atoms with Crippen LogP contribution in [0.5, 0.6) is 0 Å². The zero-order chi connectivity index (χ0) is 16.6. The normalized spacial score (nSPS) is 16.6. The van der Waals surface area contributed by atoms with Crippen molar-refractivity contribution in [1.29, 1.82) is 0 Å². The molecule has 1 N–H and O–H groups in total. The minimum absolute atomic E-state index is 0.795. The van der Waals surface area contributed by atoms with E-state index in [-0.39, 0.29) is 0 Å². The number of nitrogens with zero attached hydrogens (tertiary/aromatic N) is 5. The average molecular weight is 371 g/mol. The molecule has 0 radical (unpaired) electrons. The molecule has 0 spiro atoms. The summed E-state index contributed by atoms with van der Waals surface area (Å²) in [6.45, 7) is 3.56. The van der Waals surface area contributed by atoms with Gasteiger partial charge in [-0.2, -0.15) is 9.61 Å². The molecule has 25 heavy (non-hydrogen) atoms. The van der Waals surface area contributed by atoms with Gasteiger partial charge in [-0.05, 0) is 38.1 Å². The second-order valence-corrected chi connectivity index (χ2v) is 8.37. The van der Waals surface area contributed by atoms with Gasteiger partial charge in [-0.15, -0.1) is 10.2 Å². The average Bonchev–Trinajstić information content (AvgIpc) is 3.30. The molecule has 0 saturated carbocycles. The maximum absolute atomic E-state index is 4.57. The van der Waals surface area contributed by atoms with Gasteiger partial charge in [-0.3, -0.25) is 0 Å². The molecule has 1 fully saturated rings. The number of nitrogens with one attached hydrogen (secondary N) is 1. The molecule has 2 aliphatic heterocycles. The van der Waals surface area contributed by atoms with Crippen LogP contribution in [0.15, 0.2) is 45.4 Å². The van der Waals surface area contributed by atoms with Crippen LogP contribution in [0.25, 0.3) is 5.65 Å². The summed E-state index contributed by atoms with van der Waals surface area (Å²) in [5, 5.41) is 17.7. The largest absolute Gasteiger partial charge is 0.350 e. The van der Waals surface area contributed by atoms with Gasteiger partial charge >= 0.3 is 0 Å². The van der Waals surface area contributed by atoms with Gasteiger partial charge in [0.25, 0.3) is 0 Å². The number of hydrogen-bond acceptors (Lipinski definition) is 7. The Kier molecular flexibility index (Phi) is 4.03. The molecule has 2 aliphatic rings. The number of hydrogen-bond donors (Lipinski definition) is 1. The second-order valence-electron chi connectivity index (χ2n) is 6.22. The molecule has 0 amide bonds. The molecular formula is C17H18N6S2. The fourth-order valence-corrected chi connectivity index (χ4v) is 5.12. The van der Waals surface area contributed by atoms with Crippen molar-refractivity contribution in [2.75, 3.05) is 30.7 Å². The number of fused-ring (bicyclic) bond motifs is 4. The maximum Gasteiger partial charge on any atom is 0.212 e. The van der Waals surface area contributed by atoms with Crippen LogP contribution >= 0.6 is 23.5 Å². The molecular weight excluding hydrogens is 352 g/mol. The van der Waals surface area contributed by atoms with Crippen LogP contribution in [0, 0.1) is 0 Å². The van der Waals surface area contributed by atoms with Crippen LogP contribution in [-0.4, -0.2) is 50.1 Å². The molecule has 1 saturated heterocycles. The van der Waals surface area contributed by atoms with Crippen molar-refractivity contribution in [2.45, 2.75) is 27.8 Å². The number of likely N-dealkylation sites (tertiary alicyclic amines) is 1. The first kappa shape index (κ1) is 15.5. The lowest BCUT2D eigenvalue weighted by Crippen LogP contribution is -2.22. The molecule has 0 aliphatic carbocycles. The summed E-state index contributed by atoms with van der Waals surface area (Å²) in [4.78, 5) is 4.81. The molecule has 1 aromatic carbocycles. The van der Waals surface area contributed by atoms with E-state index in [1.807, 2.05) is 16.8 Å². The van der Waals surface area contributed by atoms with Crippen molar-refractivity contribution in [1.82, 2.24) is 24.7 Å². The van der Waals surface area contributed by atoms with Gasteiger partial charge < -0.3 is 10.2 Å². The molecule has 0 unspecified atom stereocenters. The van der Waals surface area contributed by atoms with E-state index in [2.05, 4.69) is 43.7 Å². The quantitative estimate of drug-likeness (QED) is 0.552. The Labute approximate surface area is 154 Å². The smallest absolute Gasteiger partial charge is 0.212 e. The summed E-state index contributed by atoms with van der Waals surface area (Å²) >= 11 is 3.45. The third-order valence-corrected chi connectivity index (χ3v) is 6.58. The number of para-hydroxylation sites is 1. The molecule has 3 aromatic rings. The van der Waals surface area contributed by atoms with Crippen LogP contribution in [-0.2, 0) is 0 Å². The lowest BCUT2D eigenvalue weighted by atomic mass is 10.3. The molecule has 0 atom stereocenters. The van der Waals surface area contributed by atoms with Crippen LogP contribution < -0.4 is 5.32 Å². The topological polar surface area (TPSA) is 58.4 Å². The summed E-state index contributed by atoms with van der Waals surface area (Å²) in [6, 6.07) is 8.30. The Morgan fingerprint density at radius 1 is 1.12 bits per heavy atom. The van der Waals surface area contributed by atoms with E-state index in [1.54, 1.807) is 23.5 Å². The van der Waals surface area contributed by atoms with Crippen LogP contribution in [0.4, 0.5) is 11.4 Å². The first-order valence-electron chi connectivity index (χ1n) is 8.52. The summed E-state index contributed by atoms with van der Waals surface area (Å²) in [6.07, 6.45) is 4.57. The minimum atomic E-state index is 0.795. The zero-order valence-corrected chi connectivity index (χ0v) is 15.3. The Balaban J connectivity index is 1.39. The lowest BCUT2D eigenvalue weighted by molar-refractivity contribution is 0.362. The van der Waals surface area contributed by atoms with E-state index in [1.165, 1.54) is 30.8 Å². The highest BCUT2D eigenvalue weighted by Gasteiger charge is 2.21. The van der Waals surface area contributed by atoms with Crippen molar-refractivity contribution in [3.63, 3.8) is 0 Å². The molecule has 2 aromatic heterocycles. The van der Waals surface area contributed by atoms with Gasteiger partial charge in [0.05, 0.1) is 16.8 Å². The number of thioether (sulfide) groups is 1. The SMILES string of the molecule is c1ccc2c(c1)Nc1c(cnn3c(SCCN4CCCC4)nnc13)S2. The van der Waals surface area contributed by atoms with Gasteiger partial charge in [-0.25, -0.2) is 0 Å². The Bertz CT molecular complexity index is 919. The van der Waals surface area contributed by atoms with Gasteiger partial charge in [0.2, 0.25) is 10.8 Å². The third kappa shape index (κ3) is 2.88. The van der Waals surface area contributed by atoms with E-state index < -0.39 is 0 Å². The fraction of sp³-hybridized carbons (Fsp3) is 0.353. The van der Waals surface area contributed by atoms with Crippen molar-refractivity contribution < 1.29 is 0 Å². The molecule has 0 bridgehead atoms. The van der Waals surface area contributed by atoms with E-state index >= 15 is 0 Å². The Morgan fingerprint density at radius 2 is 2.00 bits per heavy atom. The van der Waals surface area contributed by atoms with Crippen LogP contribution in [0.3, 0.4) is 0 Å². The zero-order valence-electron chi connectivity index (χ0n) is 13.7. The van der Waals surface area contributed by atoms with E-state index in [0.717, 1.165) is 39.4 Å². The third-order valence-electron chi connectivity index (χ3n) is 4.58. The molecule has 6 nitrogen and oxygen atoms in total. The van der Waals surface area contributed by atoms with Gasteiger partial charge in [0.1, 0.15) is 5.69 Å². The first-order valence-corrected chi connectivity index (χ1v) is 10.3. The standard InChI is InChI=1S/C17H18N6S2/c1-2-6-13-12(5-1)19-15-14(25-13)11-18-23-16(15)20-21-17(23)24-10-9-22-7-3-4-8-22/h1-2,5-6,11,19H,3-4,7-10H2. The van der Waals surface area contributed by atoms with Crippen LogP contribution in [0.2, 0.25) is 0 Å². The minimum Gasteiger partial charge on any atom is -0.350 e. The number of aromatic nitrogens is 4. The highest BCUT2D eigenvalue weighted by Crippen LogP contribution is 2.44. The molecule has 8 heteroatoms. The lowest BCUT2D eigenvalue weighted by Gasteiger charge is -2.20. The Hall–Kier alpha value is -1.77. The molecule has 5 rings (SSSR count). The maximum atomic E-state index is 4.57. The predicted octanol–water partition coefficient (Wildman–Crippen LogP) is 3.52. The Morgan fingerprint density at radius 3 is 2.92 bits per heavy atom.